The Kier molecular flexibility index (Phi) is 5.11. The molecule has 0 aromatic heterocycles. The van der Waals surface area contributed by atoms with Gasteiger partial charge >= 0.3 is 0 Å². The van der Waals surface area contributed by atoms with Crippen LogP contribution in [0.15, 0.2) is 0 Å². The predicted molar refractivity (Wildman–Crippen MR) is 33.6 cm³/mol. The molecule has 0 unspecified atom stereocenters. The minimum absolute atomic E-state index is 0.644. The maximum Gasteiger partial charge on any atom is 0.278 e. The first-order valence-corrected chi connectivity index (χ1v) is 4.64. The van der Waals surface area contributed by atoms with E-state index in [1.54, 1.807) is 7.11 Å². The molecule has 48 valence electrons. The van der Waals surface area contributed by atoms with Gasteiger partial charge in [0.15, 0.2) is 0 Å². The molecule has 8 heavy (non-hydrogen) atoms. The van der Waals surface area contributed by atoms with E-state index >= 15 is 0 Å². The smallest absolute Gasteiger partial charge is 0.278 e. The zero-order valence-electron chi connectivity index (χ0n) is 5.44. The number of rotatable bonds is 4. The van der Waals surface area contributed by atoms with Crippen molar-refractivity contribution in [2.45, 2.75) is 19.0 Å². The zero-order valence-corrected chi connectivity index (χ0v) is 6.44. The summed E-state index contributed by atoms with van der Waals surface area (Å²) in [4.78, 5) is 0. The standard InChI is InChI=1S/C5H12O2Si/c1-3-8(6)5-4-7-2/h3-5H2,1-2H3. The SMILES string of the molecule is CC[Si](=O)CCOC. The number of hydrogen-bond acceptors (Lipinski definition) is 2. The molecule has 0 saturated carbocycles. The molecule has 0 aliphatic heterocycles. The Morgan fingerprint density at radius 2 is 2.25 bits per heavy atom. The van der Waals surface area contributed by atoms with Crippen molar-refractivity contribution in [1.29, 1.82) is 0 Å². The van der Waals surface area contributed by atoms with Crippen molar-refractivity contribution in [3.63, 3.8) is 0 Å². The van der Waals surface area contributed by atoms with Crippen LogP contribution in [0, 0.1) is 0 Å². The Hall–Kier alpha value is -0.0231. The number of methoxy groups -OCH3 is 1. The fraction of sp³-hybridized carbons (Fsp3) is 1.00. The summed E-state index contributed by atoms with van der Waals surface area (Å²) >= 11 is 0. The summed E-state index contributed by atoms with van der Waals surface area (Å²) in [6.45, 7) is 2.59. The van der Waals surface area contributed by atoms with Crippen molar-refractivity contribution in [3.05, 3.63) is 0 Å². The quantitative estimate of drug-likeness (QED) is 0.535. The van der Waals surface area contributed by atoms with Crippen molar-refractivity contribution in [3.8, 4) is 0 Å². The van der Waals surface area contributed by atoms with Crippen LogP contribution in [-0.4, -0.2) is 22.4 Å². The number of ether oxygens (including phenoxy) is 1. The molecule has 0 radical (unpaired) electrons. The average molecular weight is 132 g/mol. The Balaban J connectivity index is 2.99. The zero-order chi connectivity index (χ0) is 6.41. The van der Waals surface area contributed by atoms with Gasteiger partial charge in [-0.2, -0.15) is 0 Å². The monoisotopic (exact) mass is 132 g/mol. The third-order valence-corrected chi connectivity index (χ3v) is 2.53. The fourth-order valence-corrected chi connectivity index (χ4v) is 1.18. The third-order valence-electron chi connectivity index (χ3n) is 0.979. The molecule has 0 N–H and O–H groups in total. The van der Waals surface area contributed by atoms with Crippen LogP contribution < -0.4 is 0 Å². The molecule has 0 saturated heterocycles. The van der Waals surface area contributed by atoms with Crippen LogP contribution >= 0.6 is 0 Å². The van der Waals surface area contributed by atoms with Gasteiger partial charge in [-0.05, 0) is 6.04 Å². The van der Waals surface area contributed by atoms with E-state index in [4.69, 9.17) is 4.74 Å². The predicted octanol–water partition coefficient (Wildman–Crippen LogP) is 1.07. The van der Waals surface area contributed by atoms with Gasteiger partial charge in [0.05, 0.1) is 0 Å². The maximum absolute atomic E-state index is 10.7. The summed E-state index contributed by atoms with van der Waals surface area (Å²) in [6.07, 6.45) is 0. The first-order valence-electron chi connectivity index (χ1n) is 2.82. The molecule has 0 fully saturated rings. The van der Waals surface area contributed by atoms with Gasteiger partial charge in [0.25, 0.3) is 8.68 Å². The molecule has 2 nitrogen and oxygen atoms in total. The lowest BCUT2D eigenvalue weighted by Gasteiger charge is -1.91. The average Bonchev–Trinajstić information content (AvgIpc) is 1.83. The van der Waals surface area contributed by atoms with Crippen molar-refractivity contribution in [2.24, 2.45) is 0 Å². The molecule has 0 aromatic rings. The van der Waals surface area contributed by atoms with E-state index in [1.165, 1.54) is 0 Å². The normalized spacial score (nSPS) is 9.25. The van der Waals surface area contributed by atoms with Crippen LogP contribution in [0.3, 0.4) is 0 Å². The molecule has 0 aliphatic carbocycles. The van der Waals surface area contributed by atoms with Gasteiger partial charge in [-0.15, -0.1) is 0 Å². The van der Waals surface area contributed by atoms with E-state index in [1.807, 2.05) is 6.92 Å². The Labute approximate surface area is 51.5 Å². The van der Waals surface area contributed by atoms with Crippen LogP contribution in [0.1, 0.15) is 6.92 Å². The Morgan fingerprint density at radius 1 is 1.62 bits per heavy atom. The molecule has 0 heterocycles. The van der Waals surface area contributed by atoms with Crippen LogP contribution in [0.2, 0.25) is 12.1 Å². The van der Waals surface area contributed by atoms with E-state index < -0.39 is 8.68 Å². The molecular formula is C5H12O2Si. The second-order valence-corrected chi connectivity index (χ2v) is 3.92. The van der Waals surface area contributed by atoms with Crippen LogP contribution in [0.25, 0.3) is 0 Å². The first kappa shape index (κ1) is 7.98. The van der Waals surface area contributed by atoms with E-state index in [2.05, 4.69) is 0 Å². The minimum atomic E-state index is -1.27. The molecule has 0 atom stereocenters. The lowest BCUT2D eigenvalue weighted by Crippen LogP contribution is -2.00. The fourth-order valence-electron chi connectivity index (χ4n) is 0.393. The van der Waals surface area contributed by atoms with E-state index in [9.17, 15) is 4.46 Å². The van der Waals surface area contributed by atoms with E-state index in [0.29, 0.717) is 6.61 Å². The molecule has 0 rings (SSSR count). The van der Waals surface area contributed by atoms with Gasteiger partial charge in [0.1, 0.15) is 0 Å². The molecule has 0 amide bonds. The van der Waals surface area contributed by atoms with E-state index in [-0.39, 0.29) is 0 Å². The van der Waals surface area contributed by atoms with Crippen molar-refractivity contribution >= 4 is 8.68 Å². The maximum atomic E-state index is 10.7. The lowest BCUT2D eigenvalue weighted by atomic mass is 10.9. The Bertz CT molecular complexity index is 72.8. The summed E-state index contributed by atoms with van der Waals surface area (Å²) in [5.41, 5.74) is 0. The summed E-state index contributed by atoms with van der Waals surface area (Å²) in [7, 11) is 0.363. The first-order chi connectivity index (χ1) is 3.81. The second-order valence-electron chi connectivity index (χ2n) is 1.64. The van der Waals surface area contributed by atoms with Gasteiger partial charge in [-0.3, -0.25) is 0 Å². The highest BCUT2D eigenvalue weighted by Gasteiger charge is 1.98. The van der Waals surface area contributed by atoms with Gasteiger partial charge in [0.2, 0.25) is 0 Å². The summed E-state index contributed by atoms with van der Waals surface area (Å²) in [5, 5.41) is 0. The summed E-state index contributed by atoms with van der Waals surface area (Å²) < 4.78 is 15.4. The topological polar surface area (TPSA) is 26.3 Å². The lowest BCUT2D eigenvalue weighted by molar-refractivity contribution is 0.214. The van der Waals surface area contributed by atoms with Crippen molar-refractivity contribution < 1.29 is 9.20 Å². The molecule has 0 aliphatic rings. The molecule has 0 bridgehead atoms. The molecule has 3 heteroatoms. The van der Waals surface area contributed by atoms with Crippen molar-refractivity contribution in [2.75, 3.05) is 13.7 Å². The van der Waals surface area contributed by atoms with Crippen LogP contribution in [-0.2, 0) is 9.20 Å². The second kappa shape index (κ2) is 5.12. The Morgan fingerprint density at radius 3 is 2.62 bits per heavy atom. The molecular weight excluding hydrogens is 120 g/mol. The highest BCUT2D eigenvalue weighted by atomic mass is 28.3. The largest absolute Gasteiger partial charge is 0.388 e. The highest BCUT2D eigenvalue weighted by molar-refractivity contribution is 6.42. The van der Waals surface area contributed by atoms with Crippen LogP contribution in [0.5, 0.6) is 0 Å². The van der Waals surface area contributed by atoms with Gasteiger partial charge < -0.3 is 9.20 Å². The van der Waals surface area contributed by atoms with Gasteiger partial charge in [-0.25, -0.2) is 0 Å². The van der Waals surface area contributed by atoms with Gasteiger partial charge in [-0.1, -0.05) is 6.92 Å². The highest BCUT2D eigenvalue weighted by Crippen LogP contribution is 1.87. The van der Waals surface area contributed by atoms with Gasteiger partial charge in [0, 0.05) is 19.8 Å². The minimum Gasteiger partial charge on any atom is -0.388 e. The third kappa shape index (κ3) is 4.14. The molecule has 0 aromatic carbocycles. The summed E-state index contributed by atoms with van der Waals surface area (Å²) in [6, 6.07) is 1.56. The number of hydrogen-bond donors (Lipinski definition) is 0. The van der Waals surface area contributed by atoms with E-state index in [0.717, 1.165) is 12.1 Å². The summed E-state index contributed by atoms with van der Waals surface area (Å²) in [5.74, 6) is 0. The van der Waals surface area contributed by atoms with Crippen molar-refractivity contribution in [1.82, 2.24) is 0 Å². The van der Waals surface area contributed by atoms with Crippen LogP contribution in [0.4, 0.5) is 0 Å². The molecule has 0 spiro atoms.